The summed E-state index contributed by atoms with van der Waals surface area (Å²) in [4.78, 5) is 17.9. The molecule has 7 heterocycles. The highest BCUT2D eigenvalue weighted by atomic mass is 19.3. The highest BCUT2D eigenvalue weighted by Crippen LogP contribution is 2.48. The quantitative estimate of drug-likeness (QED) is 0.228. The summed E-state index contributed by atoms with van der Waals surface area (Å²) in [6.45, 7) is 2.65. The van der Waals surface area contributed by atoms with Crippen LogP contribution in [0.25, 0.3) is 32.9 Å². The molecule has 4 saturated heterocycles. The van der Waals surface area contributed by atoms with Gasteiger partial charge in [-0.1, -0.05) is 12.0 Å². The first-order valence-corrected chi connectivity index (χ1v) is 16.3. The van der Waals surface area contributed by atoms with E-state index in [-0.39, 0.29) is 88.4 Å². The second-order valence-corrected chi connectivity index (χ2v) is 13.9. The molecule has 4 fully saturated rings. The van der Waals surface area contributed by atoms with E-state index in [4.69, 9.17) is 20.9 Å². The Balaban J connectivity index is 1.26. The van der Waals surface area contributed by atoms with Crippen LogP contribution in [-0.4, -0.2) is 86.9 Å². The Morgan fingerprint density at radius 3 is 2.85 bits per heavy atom. The van der Waals surface area contributed by atoms with Gasteiger partial charge in [0, 0.05) is 36.0 Å². The maximum Gasteiger partial charge on any atom is 0.319 e. The Morgan fingerprint density at radius 1 is 1.17 bits per heavy atom. The van der Waals surface area contributed by atoms with E-state index in [0.717, 1.165) is 19.3 Å². The van der Waals surface area contributed by atoms with Crippen molar-refractivity contribution in [3.05, 3.63) is 41.5 Å². The van der Waals surface area contributed by atoms with Gasteiger partial charge in [0.1, 0.15) is 46.7 Å². The maximum atomic E-state index is 17.1. The minimum atomic E-state index is -2.83. The van der Waals surface area contributed by atoms with Crippen molar-refractivity contribution in [3.63, 3.8) is 0 Å². The van der Waals surface area contributed by atoms with Crippen LogP contribution in [0.4, 0.5) is 23.4 Å². The third-order valence-electron chi connectivity index (χ3n) is 10.9. The van der Waals surface area contributed by atoms with Gasteiger partial charge in [0.25, 0.3) is 5.92 Å². The number of pyridine rings is 1. The molecule has 9 rings (SSSR count). The van der Waals surface area contributed by atoms with Gasteiger partial charge < -0.3 is 24.8 Å². The van der Waals surface area contributed by atoms with E-state index in [0.29, 0.717) is 30.7 Å². The zero-order valence-electron chi connectivity index (χ0n) is 26.1. The molecule has 1 unspecified atom stereocenters. The molecule has 2 aromatic carbocycles. The van der Waals surface area contributed by atoms with E-state index >= 15 is 4.39 Å². The second kappa shape index (κ2) is 10.3. The summed E-state index contributed by atoms with van der Waals surface area (Å²) in [5.74, 6) is -1.76. The number of anilines is 1. The number of phenolic OH excluding ortho intramolecular Hbond substituents is 1. The van der Waals surface area contributed by atoms with Crippen molar-refractivity contribution in [1.82, 2.24) is 25.2 Å². The number of aromatic hydroxyl groups is 1. The fraction of sp³-hybridized carbons (Fsp3) is 0.457. The average Bonchev–Trinajstić information content (AvgIpc) is 3.66. The first-order valence-electron chi connectivity index (χ1n) is 16.3. The smallest absolute Gasteiger partial charge is 0.319 e. The monoisotopic (exact) mass is 660 g/mol. The van der Waals surface area contributed by atoms with Crippen molar-refractivity contribution in [3.8, 4) is 41.2 Å². The number of aromatic nitrogens is 3. The lowest BCUT2D eigenvalue weighted by Gasteiger charge is -2.42. The van der Waals surface area contributed by atoms with E-state index in [1.54, 1.807) is 4.90 Å². The largest absolute Gasteiger partial charge is 0.508 e. The molecule has 13 heteroatoms. The van der Waals surface area contributed by atoms with Crippen LogP contribution in [0.5, 0.6) is 17.6 Å². The number of nitrogens with one attached hydrogen (secondary N) is 1. The molecule has 2 aromatic heterocycles. The zero-order chi connectivity index (χ0) is 33.1. The van der Waals surface area contributed by atoms with Gasteiger partial charge in [-0.15, -0.1) is 6.42 Å². The third kappa shape index (κ3) is 4.34. The van der Waals surface area contributed by atoms with Crippen molar-refractivity contribution in [2.75, 3.05) is 31.1 Å². The second-order valence-electron chi connectivity index (χ2n) is 13.9. The van der Waals surface area contributed by atoms with E-state index < -0.39 is 29.2 Å². The van der Waals surface area contributed by atoms with E-state index in [2.05, 4.69) is 26.1 Å². The van der Waals surface area contributed by atoms with Gasteiger partial charge >= 0.3 is 6.01 Å². The summed E-state index contributed by atoms with van der Waals surface area (Å²) in [6.07, 6.45) is 8.17. The molecule has 0 radical (unpaired) electrons. The molecule has 5 aliphatic heterocycles. The number of hydrogen-bond acceptors (Lipinski definition) is 9. The Kier molecular flexibility index (Phi) is 6.37. The van der Waals surface area contributed by atoms with Gasteiger partial charge in [0.05, 0.1) is 23.7 Å². The normalized spacial score (nSPS) is 28.6. The van der Waals surface area contributed by atoms with Crippen molar-refractivity contribution in [2.45, 2.75) is 74.7 Å². The Morgan fingerprint density at radius 2 is 2.02 bits per heavy atom. The van der Waals surface area contributed by atoms with Crippen molar-refractivity contribution in [1.29, 1.82) is 0 Å². The molecule has 9 nitrogen and oxygen atoms in total. The fourth-order valence-electron chi connectivity index (χ4n) is 8.96. The molecule has 2 N–H and O–H groups in total. The molecule has 0 amide bonds. The predicted molar refractivity (Wildman–Crippen MR) is 170 cm³/mol. The maximum absolute atomic E-state index is 17.1. The van der Waals surface area contributed by atoms with Crippen LogP contribution in [0.3, 0.4) is 0 Å². The number of halogens is 4. The van der Waals surface area contributed by atoms with Crippen molar-refractivity contribution >= 4 is 27.5 Å². The van der Waals surface area contributed by atoms with Crippen LogP contribution >= 0.6 is 0 Å². The lowest BCUT2D eigenvalue weighted by molar-refractivity contribution is 0.00803. The summed E-state index contributed by atoms with van der Waals surface area (Å²) in [7, 11) is 0. The number of benzene rings is 2. The zero-order valence-corrected chi connectivity index (χ0v) is 26.1. The van der Waals surface area contributed by atoms with Crippen LogP contribution in [0.15, 0.2) is 24.3 Å². The van der Waals surface area contributed by atoms with Crippen molar-refractivity contribution in [2.24, 2.45) is 0 Å². The average molecular weight is 661 g/mol. The molecule has 0 spiro atoms. The minimum absolute atomic E-state index is 0.0587. The van der Waals surface area contributed by atoms with Crippen LogP contribution in [0.2, 0.25) is 0 Å². The number of terminal acetylenes is 1. The van der Waals surface area contributed by atoms with Crippen LogP contribution in [0.1, 0.15) is 44.6 Å². The molecular formula is C35H32F4N6O3. The number of rotatable bonds is 4. The SMILES string of the molecule is C#Cc1c(F)ccc2cc(O)cc(-c3nc4c5c(nc(OCC67CCCN6CC(F)(F)C7)nc5c3F)N3C[C@H]5CC[C@H](N5)[C@H]3[C@H](C)O4)c12. The van der Waals surface area contributed by atoms with Crippen LogP contribution < -0.4 is 19.7 Å². The Bertz CT molecular complexity index is 2070. The molecule has 4 aromatic rings. The molecular weight excluding hydrogens is 628 g/mol. The fourth-order valence-corrected chi connectivity index (χ4v) is 8.96. The Labute approximate surface area is 273 Å². The number of fused-ring (bicyclic) bond motifs is 7. The summed E-state index contributed by atoms with van der Waals surface area (Å²) in [5, 5.41) is 15.2. The van der Waals surface area contributed by atoms with Gasteiger partial charge in [-0.05, 0) is 62.7 Å². The molecule has 0 saturated carbocycles. The topological polar surface area (TPSA) is 95.9 Å². The number of hydrogen-bond donors (Lipinski definition) is 2. The summed E-state index contributed by atoms with van der Waals surface area (Å²) >= 11 is 0. The standard InChI is InChI=1S/C35H32F4N6O3/c1-3-21-23(36)7-5-18-11-20(46)12-22(25(18)21)28-27(37)29-26-31(45-13-19-6-8-24(40-19)30(45)17(2)48-32(26)41-28)43-33(42-29)47-16-34-9-4-10-44(34)15-35(38,39)14-34/h1,5,7,11-12,17,19,24,30,40,46H,4,6,8-10,13-16H2,2H3/t17-,19+,24-,30+,34?/m0/s1. The van der Waals surface area contributed by atoms with Gasteiger partial charge in [0.15, 0.2) is 5.82 Å². The summed E-state index contributed by atoms with van der Waals surface area (Å²) in [6, 6.07) is 5.27. The lowest BCUT2D eigenvalue weighted by Crippen LogP contribution is -2.62. The lowest BCUT2D eigenvalue weighted by atomic mass is 9.94. The highest BCUT2D eigenvalue weighted by Gasteiger charge is 2.57. The Hall–Kier alpha value is -4.41. The molecule has 2 bridgehead atoms. The molecule has 5 aliphatic rings. The summed E-state index contributed by atoms with van der Waals surface area (Å²) < 4.78 is 73.9. The number of phenols is 1. The number of nitrogens with zero attached hydrogens (tertiary/aromatic N) is 5. The molecule has 248 valence electrons. The van der Waals surface area contributed by atoms with E-state index in [1.165, 1.54) is 24.3 Å². The van der Waals surface area contributed by atoms with Gasteiger partial charge in [-0.3, -0.25) is 4.90 Å². The third-order valence-corrected chi connectivity index (χ3v) is 10.9. The predicted octanol–water partition coefficient (Wildman–Crippen LogP) is 5.15. The van der Waals surface area contributed by atoms with Crippen LogP contribution in [-0.2, 0) is 0 Å². The van der Waals surface area contributed by atoms with Gasteiger partial charge in [-0.2, -0.15) is 9.97 Å². The molecule has 5 atom stereocenters. The van der Waals surface area contributed by atoms with Gasteiger partial charge in [-0.25, -0.2) is 22.5 Å². The first kappa shape index (κ1) is 29.7. The highest BCUT2D eigenvalue weighted by molar-refractivity contribution is 6.04. The minimum Gasteiger partial charge on any atom is -0.508 e. The number of alkyl halides is 2. The van der Waals surface area contributed by atoms with Crippen molar-refractivity contribution < 1.29 is 32.1 Å². The molecule has 48 heavy (non-hydrogen) atoms. The van der Waals surface area contributed by atoms with Gasteiger partial charge in [0.2, 0.25) is 5.88 Å². The van der Waals surface area contributed by atoms with E-state index in [1.807, 2.05) is 6.92 Å². The molecule has 0 aliphatic carbocycles. The number of ether oxygens (including phenoxy) is 2. The van der Waals surface area contributed by atoms with E-state index in [9.17, 15) is 18.3 Å². The van der Waals surface area contributed by atoms with Crippen LogP contribution in [0, 0.1) is 24.0 Å². The first-order chi connectivity index (χ1) is 23.0. The summed E-state index contributed by atoms with van der Waals surface area (Å²) in [5.41, 5.74) is -1.32. The number of piperazine rings is 1.